The number of rotatable bonds is 4. The molecule has 0 atom stereocenters. The summed E-state index contributed by atoms with van der Waals surface area (Å²) >= 11 is 0. The van der Waals surface area contributed by atoms with Crippen molar-refractivity contribution in [3.8, 4) is 11.3 Å². The van der Waals surface area contributed by atoms with E-state index in [2.05, 4.69) is 9.88 Å². The number of nitrogens with zero attached hydrogens (tertiary/aromatic N) is 1. The fourth-order valence-corrected chi connectivity index (χ4v) is 3.29. The lowest BCUT2D eigenvalue weighted by atomic mass is 10.0. The highest BCUT2D eigenvalue weighted by Gasteiger charge is 2.22. The average Bonchev–Trinajstić information content (AvgIpc) is 3.03. The molecule has 0 aliphatic carbocycles. The van der Waals surface area contributed by atoms with Crippen molar-refractivity contribution in [1.29, 1.82) is 0 Å². The molecule has 4 rings (SSSR count). The zero-order valence-corrected chi connectivity index (χ0v) is 13.5. The number of benzene rings is 2. The van der Waals surface area contributed by atoms with Crippen LogP contribution in [0.25, 0.3) is 22.2 Å². The van der Waals surface area contributed by atoms with Gasteiger partial charge in [-0.1, -0.05) is 48.5 Å². The van der Waals surface area contributed by atoms with Crippen LogP contribution in [0.5, 0.6) is 0 Å². The van der Waals surface area contributed by atoms with Crippen LogP contribution in [0.4, 0.5) is 0 Å². The van der Waals surface area contributed by atoms with Crippen LogP contribution in [0.3, 0.4) is 0 Å². The minimum Gasteiger partial charge on any atom is -0.379 e. The number of carbonyl (C=O) groups is 1. The maximum atomic E-state index is 13.1. The number of ether oxygens (including phenoxy) is 1. The molecule has 1 aromatic heterocycles. The molecule has 1 N–H and O–H groups in total. The maximum absolute atomic E-state index is 13.1. The Balaban J connectivity index is 1.76. The van der Waals surface area contributed by atoms with Crippen LogP contribution in [0, 0.1) is 0 Å². The Labute approximate surface area is 141 Å². The van der Waals surface area contributed by atoms with Crippen molar-refractivity contribution in [2.24, 2.45) is 0 Å². The second-order valence-corrected chi connectivity index (χ2v) is 6.10. The predicted molar refractivity (Wildman–Crippen MR) is 95.3 cm³/mol. The first-order chi connectivity index (χ1) is 11.8. The molecule has 0 spiro atoms. The van der Waals surface area contributed by atoms with Crippen molar-refractivity contribution >= 4 is 16.7 Å². The molecule has 0 radical (unpaired) electrons. The fourth-order valence-electron chi connectivity index (χ4n) is 3.29. The summed E-state index contributed by atoms with van der Waals surface area (Å²) in [7, 11) is 0. The smallest absolute Gasteiger partial charge is 0.179 e. The van der Waals surface area contributed by atoms with Gasteiger partial charge in [-0.2, -0.15) is 0 Å². The van der Waals surface area contributed by atoms with E-state index in [1.807, 2.05) is 54.6 Å². The number of para-hydroxylation sites is 1. The third-order valence-electron chi connectivity index (χ3n) is 4.52. The van der Waals surface area contributed by atoms with Crippen LogP contribution in [0.15, 0.2) is 54.6 Å². The normalized spacial score (nSPS) is 15.7. The number of ketones is 1. The minimum absolute atomic E-state index is 0.160. The number of Topliss-reactive ketones (excluding diaryl/α,β-unsaturated/α-hetero) is 1. The van der Waals surface area contributed by atoms with E-state index < -0.39 is 0 Å². The van der Waals surface area contributed by atoms with Crippen molar-refractivity contribution < 1.29 is 9.53 Å². The van der Waals surface area contributed by atoms with Gasteiger partial charge in [-0.15, -0.1) is 0 Å². The van der Waals surface area contributed by atoms with Gasteiger partial charge in [0.05, 0.1) is 31.0 Å². The third kappa shape index (κ3) is 2.86. The van der Waals surface area contributed by atoms with Crippen LogP contribution < -0.4 is 0 Å². The number of hydrogen-bond acceptors (Lipinski definition) is 3. The highest BCUT2D eigenvalue weighted by atomic mass is 16.5. The minimum atomic E-state index is 0.160. The second kappa shape index (κ2) is 6.59. The van der Waals surface area contributed by atoms with Gasteiger partial charge in [0.2, 0.25) is 0 Å². The largest absolute Gasteiger partial charge is 0.379 e. The molecule has 3 aromatic rings. The highest BCUT2D eigenvalue weighted by molar-refractivity contribution is 6.14. The lowest BCUT2D eigenvalue weighted by Crippen LogP contribution is -2.39. The summed E-state index contributed by atoms with van der Waals surface area (Å²) in [6.45, 7) is 3.47. The van der Waals surface area contributed by atoms with Crippen molar-refractivity contribution in [3.63, 3.8) is 0 Å². The van der Waals surface area contributed by atoms with Gasteiger partial charge < -0.3 is 9.72 Å². The molecule has 4 heteroatoms. The van der Waals surface area contributed by atoms with Gasteiger partial charge in [0.1, 0.15) is 0 Å². The summed E-state index contributed by atoms with van der Waals surface area (Å²) in [5.74, 6) is 0.160. The molecule has 1 aliphatic heterocycles. The van der Waals surface area contributed by atoms with E-state index in [1.54, 1.807) is 0 Å². The van der Waals surface area contributed by atoms with Crippen molar-refractivity contribution in [1.82, 2.24) is 9.88 Å². The fraction of sp³-hybridized carbons (Fsp3) is 0.250. The van der Waals surface area contributed by atoms with Gasteiger partial charge in [0.15, 0.2) is 5.78 Å². The molecule has 1 saturated heterocycles. The Morgan fingerprint density at radius 1 is 1.00 bits per heavy atom. The molecule has 122 valence electrons. The number of H-pyrrole nitrogens is 1. The number of aromatic nitrogens is 1. The van der Waals surface area contributed by atoms with Crippen LogP contribution in [0.1, 0.15) is 10.4 Å². The van der Waals surface area contributed by atoms with E-state index in [4.69, 9.17) is 4.74 Å². The van der Waals surface area contributed by atoms with Crippen LogP contribution in [-0.2, 0) is 4.74 Å². The summed E-state index contributed by atoms with van der Waals surface area (Å²) in [5, 5.41) is 0.995. The zero-order chi connectivity index (χ0) is 16.4. The lowest BCUT2D eigenvalue weighted by Gasteiger charge is -2.25. The quantitative estimate of drug-likeness (QED) is 0.750. The van der Waals surface area contributed by atoms with E-state index in [0.717, 1.165) is 40.8 Å². The first-order valence-corrected chi connectivity index (χ1v) is 8.32. The van der Waals surface area contributed by atoms with Gasteiger partial charge in [0, 0.05) is 24.0 Å². The SMILES string of the molecule is O=C(CN1CCOCC1)c1c(-c2ccccc2)[nH]c2ccccc12. The van der Waals surface area contributed by atoms with Crippen molar-refractivity contribution in [2.75, 3.05) is 32.8 Å². The Bertz CT molecular complexity index is 848. The summed E-state index contributed by atoms with van der Waals surface area (Å²) in [4.78, 5) is 18.7. The molecule has 0 amide bonds. The monoisotopic (exact) mass is 320 g/mol. The molecule has 0 bridgehead atoms. The number of fused-ring (bicyclic) bond motifs is 1. The average molecular weight is 320 g/mol. The molecule has 4 nitrogen and oxygen atoms in total. The van der Waals surface area contributed by atoms with E-state index in [9.17, 15) is 4.79 Å². The molecule has 1 aliphatic rings. The summed E-state index contributed by atoms with van der Waals surface area (Å²) in [6.07, 6.45) is 0. The van der Waals surface area contributed by atoms with Crippen LogP contribution >= 0.6 is 0 Å². The number of morpholine rings is 1. The van der Waals surface area contributed by atoms with Crippen molar-refractivity contribution in [2.45, 2.75) is 0 Å². The standard InChI is InChI=1S/C20H20N2O2/c23-18(14-22-10-12-24-13-11-22)19-16-8-4-5-9-17(16)21-20(19)15-6-2-1-3-7-15/h1-9,21H,10-14H2. The van der Waals surface area contributed by atoms with E-state index in [1.165, 1.54) is 0 Å². The molecular weight excluding hydrogens is 300 g/mol. The topological polar surface area (TPSA) is 45.3 Å². The molecule has 0 saturated carbocycles. The highest BCUT2D eigenvalue weighted by Crippen LogP contribution is 2.30. The number of aromatic amines is 1. The Kier molecular flexibility index (Phi) is 4.15. The zero-order valence-electron chi connectivity index (χ0n) is 13.5. The summed E-state index contributed by atoms with van der Waals surface area (Å²) in [5.41, 5.74) is 3.75. The van der Waals surface area contributed by atoms with E-state index in [-0.39, 0.29) is 5.78 Å². The molecule has 0 unspecified atom stereocenters. The Morgan fingerprint density at radius 3 is 2.50 bits per heavy atom. The van der Waals surface area contributed by atoms with Gasteiger partial charge in [0.25, 0.3) is 0 Å². The Hall–Kier alpha value is -2.43. The molecule has 24 heavy (non-hydrogen) atoms. The van der Waals surface area contributed by atoms with Gasteiger partial charge in [-0.3, -0.25) is 9.69 Å². The van der Waals surface area contributed by atoms with Crippen LogP contribution in [-0.4, -0.2) is 48.5 Å². The molecule has 2 heterocycles. The van der Waals surface area contributed by atoms with E-state index in [0.29, 0.717) is 19.8 Å². The maximum Gasteiger partial charge on any atom is 0.179 e. The molecular formula is C20H20N2O2. The first kappa shape index (κ1) is 15.1. The third-order valence-corrected chi connectivity index (χ3v) is 4.52. The predicted octanol–water partition coefficient (Wildman–Crippen LogP) is 3.35. The number of hydrogen-bond donors (Lipinski definition) is 1. The number of carbonyl (C=O) groups excluding carboxylic acids is 1. The van der Waals surface area contributed by atoms with Gasteiger partial charge in [-0.05, 0) is 11.6 Å². The summed E-state index contributed by atoms with van der Waals surface area (Å²) in [6, 6.07) is 18.1. The van der Waals surface area contributed by atoms with Gasteiger partial charge >= 0.3 is 0 Å². The Morgan fingerprint density at radius 2 is 1.71 bits per heavy atom. The number of nitrogens with one attached hydrogen (secondary N) is 1. The van der Waals surface area contributed by atoms with E-state index >= 15 is 0 Å². The molecule has 1 fully saturated rings. The lowest BCUT2D eigenvalue weighted by molar-refractivity contribution is 0.0372. The second-order valence-electron chi connectivity index (χ2n) is 6.10. The molecule has 2 aromatic carbocycles. The first-order valence-electron chi connectivity index (χ1n) is 8.32. The van der Waals surface area contributed by atoms with Crippen molar-refractivity contribution in [3.05, 3.63) is 60.2 Å². The van der Waals surface area contributed by atoms with Crippen LogP contribution in [0.2, 0.25) is 0 Å². The summed E-state index contributed by atoms with van der Waals surface area (Å²) < 4.78 is 5.38. The van der Waals surface area contributed by atoms with Gasteiger partial charge in [-0.25, -0.2) is 0 Å².